The molecule has 112 valence electrons. The minimum absolute atomic E-state index is 0.0392. The van der Waals surface area contributed by atoms with E-state index in [2.05, 4.69) is 4.72 Å². The lowest BCUT2D eigenvalue weighted by molar-refractivity contribution is 0.598. The van der Waals surface area contributed by atoms with Gasteiger partial charge in [-0.1, -0.05) is 29.8 Å². The molecule has 0 saturated carbocycles. The number of nitrogens with two attached hydrogens (primary N) is 1. The normalized spacial score (nSPS) is 12.1. The van der Waals surface area contributed by atoms with Crippen LogP contribution in [0.1, 0.15) is 5.56 Å². The summed E-state index contributed by atoms with van der Waals surface area (Å²) in [6.45, 7) is 1.83. The molecule has 0 aliphatic heterocycles. The monoisotopic (exact) mass is 326 g/mol. The molecule has 0 aliphatic rings. The number of hydrogen-bond donors (Lipinski definition) is 2. The lowest BCUT2D eigenvalue weighted by Gasteiger charge is -2.11. The highest BCUT2D eigenvalue weighted by Gasteiger charge is 2.19. The van der Waals surface area contributed by atoms with Crippen molar-refractivity contribution in [1.82, 2.24) is 0 Å². The molecule has 0 unspecified atom stereocenters. The number of primary sulfonamides is 1. The second kappa shape index (κ2) is 5.47. The molecule has 0 radical (unpaired) electrons. The third-order valence-corrected chi connectivity index (χ3v) is 5.12. The zero-order valence-corrected chi connectivity index (χ0v) is 12.8. The molecule has 21 heavy (non-hydrogen) atoms. The fraction of sp³-hybridized carbons (Fsp3) is 0.0769. The smallest absolute Gasteiger partial charge is 0.261 e. The van der Waals surface area contributed by atoms with Gasteiger partial charge in [-0.25, -0.2) is 22.0 Å². The van der Waals surface area contributed by atoms with Crippen LogP contribution in [0.25, 0.3) is 0 Å². The van der Waals surface area contributed by atoms with Gasteiger partial charge >= 0.3 is 0 Å². The van der Waals surface area contributed by atoms with E-state index < -0.39 is 20.0 Å². The molecule has 0 spiro atoms. The molecule has 0 aromatic heterocycles. The maximum absolute atomic E-state index is 12.2. The van der Waals surface area contributed by atoms with E-state index in [1.807, 2.05) is 6.92 Å². The van der Waals surface area contributed by atoms with Gasteiger partial charge in [0.25, 0.3) is 10.0 Å². The summed E-state index contributed by atoms with van der Waals surface area (Å²) >= 11 is 0. The molecule has 0 aliphatic carbocycles. The lowest BCUT2D eigenvalue weighted by atomic mass is 10.2. The van der Waals surface area contributed by atoms with E-state index in [1.165, 1.54) is 36.4 Å². The molecule has 6 nitrogen and oxygen atoms in total. The van der Waals surface area contributed by atoms with Gasteiger partial charge in [0.15, 0.2) is 0 Å². The van der Waals surface area contributed by atoms with E-state index in [1.54, 1.807) is 12.1 Å². The number of hydrogen-bond acceptors (Lipinski definition) is 4. The van der Waals surface area contributed by atoms with Crippen LogP contribution < -0.4 is 9.86 Å². The molecular formula is C13H14N2O4S2. The molecule has 0 atom stereocenters. The molecule has 8 heteroatoms. The van der Waals surface area contributed by atoms with E-state index in [-0.39, 0.29) is 15.5 Å². The van der Waals surface area contributed by atoms with Gasteiger partial charge in [0.1, 0.15) is 4.90 Å². The predicted molar refractivity (Wildman–Crippen MR) is 79.8 cm³/mol. The zero-order valence-electron chi connectivity index (χ0n) is 11.1. The Morgan fingerprint density at radius 2 is 1.48 bits per heavy atom. The van der Waals surface area contributed by atoms with Gasteiger partial charge in [0, 0.05) is 0 Å². The zero-order chi connectivity index (χ0) is 15.7. The average Bonchev–Trinajstić information content (AvgIpc) is 2.38. The number of para-hydroxylation sites is 1. The van der Waals surface area contributed by atoms with E-state index in [4.69, 9.17) is 5.14 Å². The van der Waals surface area contributed by atoms with Crippen LogP contribution in [0.2, 0.25) is 0 Å². The van der Waals surface area contributed by atoms with Gasteiger partial charge in [-0.2, -0.15) is 0 Å². The van der Waals surface area contributed by atoms with Crippen LogP contribution in [0, 0.1) is 6.92 Å². The Hall–Kier alpha value is -1.90. The fourth-order valence-corrected chi connectivity index (χ4v) is 3.56. The molecule has 0 saturated heterocycles. The Balaban J connectivity index is 2.45. The molecule has 0 fully saturated rings. The number of aryl methyl sites for hydroxylation is 1. The Morgan fingerprint density at radius 1 is 0.905 bits per heavy atom. The first-order valence-electron chi connectivity index (χ1n) is 5.91. The molecule has 0 amide bonds. The second-order valence-electron chi connectivity index (χ2n) is 4.46. The number of benzene rings is 2. The molecule has 0 bridgehead atoms. The summed E-state index contributed by atoms with van der Waals surface area (Å²) < 4.78 is 49.7. The van der Waals surface area contributed by atoms with Crippen molar-refractivity contribution in [1.29, 1.82) is 0 Å². The van der Waals surface area contributed by atoms with Crippen molar-refractivity contribution in [2.45, 2.75) is 16.7 Å². The summed E-state index contributed by atoms with van der Waals surface area (Å²) in [7, 11) is -7.90. The van der Waals surface area contributed by atoms with Crippen LogP contribution in [-0.2, 0) is 20.0 Å². The third-order valence-electron chi connectivity index (χ3n) is 2.77. The SMILES string of the molecule is Cc1ccc(S(=O)(=O)Nc2ccccc2S(N)(=O)=O)cc1. The first-order valence-corrected chi connectivity index (χ1v) is 8.94. The topological polar surface area (TPSA) is 106 Å². The largest absolute Gasteiger partial charge is 0.278 e. The molecule has 3 N–H and O–H groups in total. The number of nitrogens with one attached hydrogen (secondary N) is 1. The molecule has 2 rings (SSSR count). The Morgan fingerprint density at radius 3 is 2.05 bits per heavy atom. The summed E-state index contributed by atoms with van der Waals surface area (Å²) in [6, 6.07) is 11.7. The van der Waals surface area contributed by atoms with Crippen molar-refractivity contribution < 1.29 is 16.8 Å². The summed E-state index contributed by atoms with van der Waals surface area (Å²) in [5.41, 5.74) is 0.833. The summed E-state index contributed by atoms with van der Waals surface area (Å²) in [5.74, 6) is 0. The molecule has 2 aromatic carbocycles. The standard InChI is InChI=1S/C13H14N2O4S2/c1-10-6-8-11(9-7-10)21(18,19)15-12-4-2-3-5-13(12)20(14,16)17/h2-9,15H,1H3,(H2,14,16,17). The highest BCUT2D eigenvalue weighted by Crippen LogP contribution is 2.23. The van der Waals surface area contributed by atoms with Crippen LogP contribution in [-0.4, -0.2) is 16.8 Å². The van der Waals surface area contributed by atoms with Crippen LogP contribution in [0.3, 0.4) is 0 Å². The van der Waals surface area contributed by atoms with Crippen LogP contribution >= 0.6 is 0 Å². The summed E-state index contributed by atoms with van der Waals surface area (Å²) in [6.07, 6.45) is 0. The average molecular weight is 326 g/mol. The van der Waals surface area contributed by atoms with Gasteiger partial charge in [-0.15, -0.1) is 0 Å². The van der Waals surface area contributed by atoms with Gasteiger partial charge in [0.05, 0.1) is 10.6 Å². The van der Waals surface area contributed by atoms with Crippen LogP contribution in [0.5, 0.6) is 0 Å². The minimum Gasteiger partial charge on any atom is -0.278 e. The predicted octanol–water partition coefficient (Wildman–Crippen LogP) is 1.44. The van der Waals surface area contributed by atoms with Crippen molar-refractivity contribution in [3.05, 3.63) is 54.1 Å². The van der Waals surface area contributed by atoms with Gasteiger partial charge in [-0.3, -0.25) is 4.72 Å². The van der Waals surface area contributed by atoms with E-state index in [0.717, 1.165) is 5.56 Å². The first-order chi connectivity index (χ1) is 9.70. The van der Waals surface area contributed by atoms with Crippen molar-refractivity contribution >= 4 is 25.7 Å². The second-order valence-corrected chi connectivity index (χ2v) is 7.67. The van der Waals surface area contributed by atoms with Crippen LogP contribution in [0.4, 0.5) is 5.69 Å². The highest BCUT2D eigenvalue weighted by atomic mass is 32.2. The maximum Gasteiger partial charge on any atom is 0.261 e. The van der Waals surface area contributed by atoms with E-state index in [9.17, 15) is 16.8 Å². The van der Waals surface area contributed by atoms with Crippen molar-refractivity contribution in [2.75, 3.05) is 4.72 Å². The number of anilines is 1. The molecular weight excluding hydrogens is 312 g/mol. The van der Waals surface area contributed by atoms with E-state index >= 15 is 0 Å². The Kier molecular flexibility index (Phi) is 4.04. The highest BCUT2D eigenvalue weighted by molar-refractivity contribution is 7.93. The van der Waals surface area contributed by atoms with Gasteiger partial charge in [0.2, 0.25) is 10.0 Å². The van der Waals surface area contributed by atoms with Gasteiger partial charge < -0.3 is 0 Å². The van der Waals surface area contributed by atoms with E-state index in [0.29, 0.717) is 0 Å². The Bertz CT molecular complexity index is 857. The van der Waals surface area contributed by atoms with Crippen molar-refractivity contribution in [3.63, 3.8) is 0 Å². The Labute approximate surface area is 123 Å². The lowest BCUT2D eigenvalue weighted by Crippen LogP contribution is -2.18. The summed E-state index contributed by atoms with van der Waals surface area (Å²) in [4.78, 5) is -0.238. The number of sulfonamides is 2. The quantitative estimate of drug-likeness (QED) is 0.886. The molecule has 0 heterocycles. The van der Waals surface area contributed by atoms with Crippen LogP contribution in [0.15, 0.2) is 58.3 Å². The fourth-order valence-electron chi connectivity index (χ4n) is 1.72. The van der Waals surface area contributed by atoms with Crippen molar-refractivity contribution in [3.8, 4) is 0 Å². The van der Waals surface area contributed by atoms with Gasteiger partial charge in [-0.05, 0) is 31.2 Å². The van der Waals surface area contributed by atoms with Crippen molar-refractivity contribution in [2.24, 2.45) is 5.14 Å². The number of rotatable bonds is 4. The maximum atomic E-state index is 12.2. The summed E-state index contributed by atoms with van der Waals surface area (Å²) in [5, 5.41) is 5.07. The molecule has 2 aromatic rings. The minimum atomic E-state index is -4.02. The first kappa shape index (κ1) is 15.5. The third kappa shape index (κ3) is 3.60.